The molecule has 1 aromatic heterocycles. The summed E-state index contributed by atoms with van der Waals surface area (Å²) in [5.74, 6) is 0. The largest absolute Gasteiger partial charge is 0.348 e. The summed E-state index contributed by atoms with van der Waals surface area (Å²) >= 11 is 1.80. The number of thiazole rings is 1. The third-order valence-corrected chi connectivity index (χ3v) is 8.30. The molecule has 1 fully saturated rings. The van der Waals surface area contributed by atoms with E-state index in [1.807, 2.05) is 0 Å². The van der Waals surface area contributed by atoms with Gasteiger partial charge >= 0.3 is 0 Å². The lowest BCUT2D eigenvalue weighted by Gasteiger charge is -2.42. The second-order valence-corrected chi connectivity index (χ2v) is 11.9. The van der Waals surface area contributed by atoms with Crippen molar-refractivity contribution in [3.8, 4) is 11.3 Å². The van der Waals surface area contributed by atoms with Crippen molar-refractivity contribution in [2.24, 2.45) is 0 Å². The van der Waals surface area contributed by atoms with Crippen molar-refractivity contribution in [2.75, 3.05) is 45.2 Å². The molecule has 1 aliphatic carbocycles. The standard InChI is InChI=1S/C26H40N4S/c1-25(2)11-12-26(3,4)22-17-19(7-8-21(22)25)23-18-31-24(28-23)30-14-9-20(10-15-30)27-13-16-29(5)6/h7-8,17-18,20,27H,9-16H2,1-6H3. The second kappa shape index (κ2) is 8.84. The molecule has 2 aliphatic rings. The number of rotatable bonds is 6. The van der Waals surface area contributed by atoms with E-state index in [4.69, 9.17) is 4.98 Å². The Hall–Kier alpha value is -1.43. The maximum Gasteiger partial charge on any atom is 0.185 e. The van der Waals surface area contributed by atoms with Crippen LogP contribution in [0.15, 0.2) is 23.6 Å². The van der Waals surface area contributed by atoms with Gasteiger partial charge in [-0.15, -0.1) is 11.3 Å². The smallest absolute Gasteiger partial charge is 0.185 e. The van der Waals surface area contributed by atoms with E-state index in [0.29, 0.717) is 6.04 Å². The summed E-state index contributed by atoms with van der Waals surface area (Å²) in [7, 11) is 4.27. The van der Waals surface area contributed by atoms with Crippen LogP contribution in [-0.2, 0) is 10.8 Å². The van der Waals surface area contributed by atoms with Crippen LogP contribution in [0, 0.1) is 0 Å². The Labute approximate surface area is 193 Å². The van der Waals surface area contributed by atoms with E-state index in [0.717, 1.165) is 31.9 Å². The lowest BCUT2D eigenvalue weighted by molar-refractivity contribution is 0.332. The van der Waals surface area contributed by atoms with Crippen molar-refractivity contribution in [1.29, 1.82) is 0 Å². The Balaban J connectivity index is 1.44. The van der Waals surface area contributed by atoms with Crippen LogP contribution in [-0.4, -0.2) is 56.2 Å². The fourth-order valence-corrected chi connectivity index (χ4v) is 5.95. The van der Waals surface area contributed by atoms with Crippen LogP contribution < -0.4 is 10.2 Å². The lowest BCUT2D eigenvalue weighted by Crippen LogP contribution is -2.44. The molecule has 1 N–H and O–H groups in total. The molecule has 2 aromatic rings. The topological polar surface area (TPSA) is 31.4 Å². The highest BCUT2D eigenvalue weighted by Gasteiger charge is 2.37. The summed E-state index contributed by atoms with van der Waals surface area (Å²) in [5, 5.41) is 7.14. The predicted molar refractivity (Wildman–Crippen MR) is 135 cm³/mol. The number of benzene rings is 1. The van der Waals surface area contributed by atoms with Crippen LogP contribution in [0.1, 0.15) is 64.5 Å². The Bertz CT molecular complexity index is 891. The van der Waals surface area contributed by atoms with Crippen LogP contribution in [0.5, 0.6) is 0 Å². The molecular weight excluding hydrogens is 400 g/mol. The first-order chi connectivity index (χ1) is 14.7. The molecule has 1 aliphatic heterocycles. The zero-order valence-electron chi connectivity index (χ0n) is 20.3. The zero-order chi connectivity index (χ0) is 22.2. The van der Waals surface area contributed by atoms with Gasteiger partial charge in [0, 0.05) is 43.2 Å². The van der Waals surface area contributed by atoms with E-state index in [1.165, 1.54) is 47.5 Å². The molecule has 31 heavy (non-hydrogen) atoms. The number of fused-ring (bicyclic) bond motifs is 1. The maximum atomic E-state index is 5.06. The average molecular weight is 441 g/mol. The van der Waals surface area contributed by atoms with E-state index in [1.54, 1.807) is 11.3 Å². The average Bonchev–Trinajstić information content (AvgIpc) is 3.22. The maximum absolute atomic E-state index is 5.06. The monoisotopic (exact) mass is 440 g/mol. The SMILES string of the molecule is CN(C)CCNC1CCN(c2nc(-c3ccc4c(c3)C(C)(C)CCC4(C)C)cs2)CC1. The fourth-order valence-electron chi connectivity index (χ4n) is 5.06. The summed E-state index contributed by atoms with van der Waals surface area (Å²) < 4.78 is 0. The van der Waals surface area contributed by atoms with Gasteiger partial charge in [0.05, 0.1) is 5.69 Å². The Morgan fingerprint density at radius 3 is 2.42 bits per heavy atom. The van der Waals surface area contributed by atoms with E-state index in [9.17, 15) is 0 Å². The molecular formula is C26H40N4S. The molecule has 1 saturated heterocycles. The third kappa shape index (κ3) is 4.99. The zero-order valence-corrected chi connectivity index (χ0v) is 21.1. The molecule has 4 rings (SSSR count). The predicted octanol–water partition coefficient (Wildman–Crippen LogP) is 5.28. The van der Waals surface area contributed by atoms with Gasteiger partial charge in [-0.25, -0.2) is 4.98 Å². The normalized spacial score (nSPS) is 20.8. The summed E-state index contributed by atoms with van der Waals surface area (Å²) in [4.78, 5) is 9.78. The number of aromatic nitrogens is 1. The summed E-state index contributed by atoms with van der Waals surface area (Å²) in [6, 6.07) is 7.73. The Kier molecular flexibility index (Phi) is 6.49. The highest BCUT2D eigenvalue weighted by atomic mass is 32.1. The highest BCUT2D eigenvalue weighted by Crippen LogP contribution is 2.46. The fraction of sp³-hybridized carbons (Fsp3) is 0.654. The second-order valence-electron chi connectivity index (χ2n) is 11.1. The van der Waals surface area contributed by atoms with E-state index in [2.05, 4.69) is 80.5 Å². The molecule has 0 bridgehead atoms. The summed E-state index contributed by atoms with van der Waals surface area (Å²) in [6.07, 6.45) is 4.90. The van der Waals surface area contributed by atoms with Crippen LogP contribution in [0.25, 0.3) is 11.3 Å². The summed E-state index contributed by atoms with van der Waals surface area (Å²) in [6.45, 7) is 13.9. The lowest BCUT2D eigenvalue weighted by atomic mass is 9.63. The van der Waals surface area contributed by atoms with Crippen LogP contribution in [0.3, 0.4) is 0 Å². The van der Waals surface area contributed by atoms with E-state index in [-0.39, 0.29) is 10.8 Å². The van der Waals surface area contributed by atoms with Gasteiger partial charge in [-0.3, -0.25) is 0 Å². The van der Waals surface area contributed by atoms with Gasteiger partial charge in [-0.1, -0.05) is 39.8 Å². The van der Waals surface area contributed by atoms with Gasteiger partial charge in [0.1, 0.15) is 0 Å². The first kappa shape index (κ1) is 22.8. The van der Waals surface area contributed by atoms with Crippen LogP contribution >= 0.6 is 11.3 Å². The Morgan fingerprint density at radius 1 is 1.06 bits per heavy atom. The summed E-state index contributed by atoms with van der Waals surface area (Å²) in [5.41, 5.74) is 5.94. The van der Waals surface area contributed by atoms with Crippen molar-refractivity contribution < 1.29 is 0 Å². The van der Waals surface area contributed by atoms with Gasteiger partial charge < -0.3 is 15.1 Å². The number of anilines is 1. The van der Waals surface area contributed by atoms with Crippen LogP contribution in [0.2, 0.25) is 0 Å². The van der Waals surface area contributed by atoms with E-state index < -0.39 is 0 Å². The quantitative estimate of drug-likeness (QED) is 0.662. The molecule has 2 heterocycles. The minimum Gasteiger partial charge on any atom is -0.348 e. The number of likely N-dealkylation sites (N-methyl/N-ethyl adjacent to an activating group) is 1. The molecule has 0 saturated carbocycles. The number of piperidine rings is 1. The molecule has 1 aromatic carbocycles. The molecule has 0 atom stereocenters. The van der Waals surface area contributed by atoms with Gasteiger partial charge in [-0.2, -0.15) is 0 Å². The first-order valence-corrected chi connectivity index (χ1v) is 12.8. The third-order valence-electron chi connectivity index (χ3n) is 7.40. The molecule has 0 radical (unpaired) electrons. The highest BCUT2D eigenvalue weighted by molar-refractivity contribution is 7.14. The Morgan fingerprint density at radius 2 is 1.74 bits per heavy atom. The van der Waals surface area contributed by atoms with Gasteiger partial charge in [-0.05, 0) is 67.8 Å². The minimum absolute atomic E-state index is 0.237. The number of hydrogen-bond donors (Lipinski definition) is 1. The molecule has 0 spiro atoms. The van der Waals surface area contributed by atoms with Gasteiger partial charge in [0.15, 0.2) is 5.13 Å². The first-order valence-electron chi connectivity index (χ1n) is 11.9. The molecule has 0 amide bonds. The van der Waals surface area contributed by atoms with Gasteiger partial charge in [0.2, 0.25) is 0 Å². The van der Waals surface area contributed by atoms with Crippen LogP contribution in [0.4, 0.5) is 5.13 Å². The number of hydrogen-bond acceptors (Lipinski definition) is 5. The molecule has 170 valence electrons. The van der Waals surface area contributed by atoms with Crippen molar-refractivity contribution in [2.45, 2.75) is 70.3 Å². The van der Waals surface area contributed by atoms with Crippen molar-refractivity contribution in [3.63, 3.8) is 0 Å². The molecule has 4 nitrogen and oxygen atoms in total. The molecule has 0 unspecified atom stereocenters. The number of nitrogens with one attached hydrogen (secondary N) is 1. The minimum atomic E-state index is 0.237. The van der Waals surface area contributed by atoms with Gasteiger partial charge in [0.25, 0.3) is 0 Å². The van der Waals surface area contributed by atoms with Crippen molar-refractivity contribution >= 4 is 16.5 Å². The van der Waals surface area contributed by atoms with Crippen molar-refractivity contribution in [3.05, 3.63) is 34.7 Å². The molecule has 5 heteroatoms. The van der Waals surface area contributed by atoms with Crippen molar-refractivity contribution in [1.82, 2.24) is 15.2 Å². The van der Waals surface area contributed by atoms with E-state index >= 15 is 0 Å². The number of nitrogens with zero attached hydrogens (tertiary/aromatic N) is 3.